The number of carbonyl (C=O) groups is 1. The Bertz CT molecular complexity index is 936. The van der Waals surface area contributed by atoms with E-state index in [1.807, 2.05) is 0 Å². The average molecular weight is 437 g/mol. The van der Waals surface area contributed by atoms with E-state index < -0.39 is 28.7 Å². The molecule has 0 aliphatic carbocycles. The van der Waals surface area contributed by atoms with Gasteiger partial charge in [-0.3, -0.25) is 4.79 Å². The SMILES string of the molecule is O=C(CCNS(=O)(=O)c1cccc(Cl)c1)Nc1ccccc1OCC(F)(F)F. The largest absolute Gasteiger partial charge is 0.482 e. The zero-order chi connectivity index (χ0) is 20.8. The van der Waals surface area contributed by atoms with Crippen LogP contribution in [0.5, 0.6) is 5.75 Å². The summed E-state index contributed by atoms with van der Waals surface area (Å²) < 4.78 is 68.1. The van der Waals surface area contributed by atoms with Crippen LogP contribution < -0.4 is 14.8 Å². The molecule has 0 aliphatic rings. The van der Waals surface area contributed by atoms with Gasteiger partial charge >= 0.3 is 6.18 Å². The van der Waals surface area contributed by atoms with Crippen LogP contribution >= 0.6 is 11.6 Å². The fraction of sp³-hybridized carbons (Fsp3) is 0.235. The number of halogens is 4. The standard InChI is InChI=1S/C17H16ClF3N2O4S/c18-12-4-3-5-13(10-12)28(25,26)22-9-8-16(24)23-14-6-1-2-7-15(14)27-11-17(19,20)21/h1-7,10,22H,8-9,11H2,(H,23,24). The first-order valence-electron chi connectivity index (χ1n) is 7.90. The molecule has 2 aromatic rings. The van der Waals surface area contributed by atoms with Crippen LogP contribution in [-0.2, 0) is 14.8 Å². The molecule has 0 atom stereocenters. The summed E-state index contributed by atoms with van der Waals surface area (Å²) in [6.45, 7) is -1.72. The van der Waals surface area contributed by atoms with Crippen LogP contribution in [0.2, 0.25) is 5.02 Å². The van der Waals surface area contributed by atoms with Gasteiger partial charge in [-0.15, -0.1) is 0 Å². The third kappa shape index (κ3) is 7.02. The highest BCUT2D eigenvalue weighted by Gasteiger charge is 2.28. The van der Waals surface area contributed by atoms with Crippen LogP contribution in [0.4, 0.5) is 18.9 Å². The first kappa shape index (κ1) is 22.0. The van der Waals surface area contributed by atoms with Crippen LogP contribution in [-0.4, -0.2) is 33.7 Å². The lowest BCUT2D eigenvalue weighted by molar-refractivity contribution is -0.153. The van der Waals surface area contributed by atoms with Crippen molar-refractivity contribution in [3.63, 3.8) is 0 Å². The van der Waals surface area contributed by atoms with E-state index in [1.54, 1.807) is 0 Å². The summed E-state index contributed by atoms with van der Waals surface area (Å²) in [6, 6.07) is 11.2. The van der Waals surface area contributed by atoms with E-state index in [9.17, 15) is 26.4 Å². The third-order valence-corrected chi connectivity index (χ3v) is 5.00. The molecule has 6 nitrogen and oxygen atoms in total. The quantitative estimate of drug-likeness (QED) is 0.662. The van der Waals surface area contributed by atoms with Crippen molar-refractivity contribution in [2.75, 3.05) is 18.5 Å². The molecule has 0 saturated carbocycles. The van der Waals surface area contributed by atoms with Gasteiger partial charge in [0.25, 0.3) is 0 Å². The highest BCUT2D eigenvalue weighted by atomic mass is 35.5. The number of hydrogen-bond acceptors (Lipinski definition) is 4. The molecule has 0 aromatic heterocycles. The predicted molar refractivity (Wildman–Crippen MR) is 97.9 cm³/mol. The summed E-state index contributed by atoms with van der Waals surface area (Å²) in [6.07, 6.45) is -4.76. The van der Waals surface area contributed by atoms with Crippen LogP contribution in [0, 0.1) is 0 Å². The van der Waals surface area contributed by atoms with E-state index in [2.05, 4.69) is 14.8 Å². The highest BCUT2D eigenvalue weighted by Crippen LogP contribution is 2.26. The van der Waals surface area contributed by atoms with E-state index in [0.29, 0.717) is 0 Å². The lowest BCUT2D eigenvalue weighted by atomic mass is 10.3. The summed E-state index contributed by atoms with van der Waals surface area (Å²) in [4.78, 5) is 11.9. The Kier molecular flexibility index (Phi) is 7.28. The molecular formula is C17H16ClF3N2O4S. The minimum atomic E-state index is -4.52. The van der Waals surface area contributed by atoms with Crippen LogP contribution in [0.3, 0.4) is 0 Å². The number of amides is 1. The van der Waals surface area contributed by atoms with Gasteiger partial charge in [-0.1, -0.05) is 29.8 Å². The monoisotopic (exact) mass is 436 g/mol. The fourth-order valence-corrected chi connectivity index (χ4v) is 3.42. The highest BCUT2D eigenvalue weighted by molar-refractivity contribution is 7.89. The maximum atomic E-state index is 12.3. The summed E-state index contributed by atoms with van der Waals surface area (Å²) in [5.74, 6) is -0.746. The van der Waals surface area contributed by atoms with Gasteiger partial charge in [0.05, 0.1) is 10.6 Å². The Morgan fingerprint density at radius 2 is 1.82 bits per heavy atom. The van der Waals surface area contributed by atoms with Crippen molar-refractivity contribution in [3.05, 3.63) is 53.6 Å². The van der Waals surface area contributed by atoms with Gasteiger partial charge in [-0.05, 0) is 30.3 Å². The minimum Gasteiger partial charge on any atom is -0.482 e. The van der Waals surface area contributed by atoms with Crippen molar-refractivity contribution >= 4 is 33.2 Å². The molecule has 0 heterocycles. The Morgan fingerprint density at radius 1 is 1.11 bits per heavy atom. The molecule has 11 heteroatoms. The number of sulfonamides is 1. The van der Waals surface area contributed by atoms with Gasteiger partial charge in [0.1, 0.15) is 5.75 Å². The average Bonchev–Trinajstić information content (AvgIpc) is 2.60. The number of benzene rings is 2. The summed E-state index contributed by atoms with van der Waals surface area (Å²) in [5, 5.41) is 2.64. The first-order chi connectivity index (χ1) is 13.1. The van der Waals surface area contributed by atoms with Crippen molar-refractivity contribution in [1.82, 2.24) is 4.72 Å². The predicted octanol–water partition coefficient (Wildman–Crippen LogP) is 3.59. The van der Waals surface area contributed by atoms with E-state index in [1.165, 1.54) is 48.5 Å². The summed E-state index contributed by atoms with van der Waals surface area (Å²) in [5.41, 5.74) is 0.0504. The van der Waals surface area contributed by atoms with Crippen LogP contribution in [0.15, 0.2) is 53.4 Å². The first-order valence-corrected chi connectivity index (χ1v) is 9.76. The number of carbonyl (C=O) groups excluding carboxylic acids is 1. The number of anilines is 1. The molecule has 0 aliphatic heterocycles. The number of alkyl halides is 3. The molecule has 0 saturated heterocycles. The minimum absolute atomic E-state index is 0.0497. The van der Waals surface area contributed by atoms with Crippen molar-refractivity contribution in [1.29, 1.82) is 0 Å². The van der Waals surface area contributed by atoms with Gasteiger partial charge < -0.3 is 10.1 Å². The van der Waals surface area contributed by atoms with E-state index in [-0.39, 0.29) is 34.3 Å². The Balaban J connectivity index is 1.91. The number of para-hydroxylation sites is 2. The maximum Gasteiger partial charge on any atom is 0.422 e. The molecule has 0 radical (unpaired) electrons. The summed E-state index contributed by atoms with van der Waals surface area (Å²) >= 11 is 5.76. The second-order valence-corrected chi connectivity index (χ2v) is 7.76. The van der Waals surface area contributed by atoms with Gasteiger partial charge in [0.2, 0.25) is 15.9 Å². The number of ether oxygens (including phenoxy) is 1. The van der Waals surface area contributed by atoms with Crippen LogP contribution in [0.25, 0.3) is 0 Å². The molecule has 28 heavy (non-hydrogen) atoms. The number of rotatable bonds is 8. The second-order valence-electron chi connectivity index (χ2n) is 5.55. The molecule has 2 N–H and O–H groups in total. The zero-order valence-corrected chi connectivity index (χ0v) is 15.9. The van der Waals surface area contributed by atoms with E-state index in [0.717, 1.165) is 0 Å². The molecule has 0 bridgehead atoms. The van der Waals surface area contributed by atoms with Crippen molar-refractivity contribution < 1.29 is 31.1 Å². The van der Waals surface area contributed by atoms with Crippen LogP contribution in [0.1, 0.15) is 6.42 Å². The molecule has 0 spiro atoms. The van der Waals surface area contributed by atoms with Gasteiger partial charge in [0.15, 0.2) is 6.61 Å². The molecule has 2 rings (SSSR count). The summed E-state index contributed by atoms with van der Waals surface area (Å²) in [7, 11) is -3.85. The molecule has 0 fully saturated rings. The third-order valence-electron chi connectivity index (χ3n) is 3.30. The lowest BCUT2D eigenvalue weighted by Gasteiger charge is -2.14. The lowest BCUT2D eigenvalue weighted by Crippen LogP contribution is -2.28. The van der Waals surface area contributed by atoms with E-state index in [4.69, 9.17) is 11.6 Å². The fourth-order valence-electron chi connectivity index (χ4n) is 2.08. The number of nitrogens with one attached hydrogen (secondary N) is 2. The van der Waals surface area contributed by atoms with Gasteiger partial charge in [-0.25, -0.2) is 13.1 Å². The van der Waals surface area contributed by atoms with Crippen molar-refractivity contribution in [2.24, 2.45) is 0 Å². The zero-order valence-electron chi connectivity index (χ0n) is 14.3. The van der Waals surface area contributed by atoms with Gasteiger partial charge in [0, 0.05) is 18.0 Å². The maximum absolute atomic E-state index is 12.3. The smallest absolute Gasteiger partial charge is 0.422 e. The van der Waals surface area contributed by atoms with E-state index >= 15 is 0 Å². The Morgan fingerprint density at radius 3 is 2.50 bits per heavy atom. The van der Waals surface area contributed by atoms with Crippen molar-refractivity contribution in [2.45, 2.75) is 17.5 Å². The van der Waals surface area contributed by atoms with Gasteiger partial charge in [-0.2, -0.15) is 13.2 Å². The Labute approximate surface area is 164 Å². The number of hydrogen-bond donors (Lipinski definition) is 2. The molecule has 152 valence electrons. The second kappa shape index (κ2) is 9.26. The van der Waals surface area contributed by atoms with Crippen molar-refractivity contribution in [3.8, 4) is 5.75 Å². The molecule has 0 unspecified atom stereocenters. The molecule has 2 aromatic carbocycles. The molecule has 1 amide bonds. The molecular weight excluding hydrogens is 421 g/mol. The topological polar surface area (TPSA) is 84.5 Å². The normalized spacial score (nSPS) is 11.9. The Hall–Kier alpha value is -2.30.